The minimum atomic E-state index is -0.445. The van der Waals surface area contributed by atoms with Gasteiger partial charge in [0.25, 0.3) is 5.91 Å². The van der Waals surface area contributed by atoms with Crippen LogP contribution in [0.4, 0.5) is 0 Å². The van der Waals surface area contributed by atoms with Gasteiger partial charge in [0.1, 0.15) is 0 Å². The van der Waals surface area contributed by atoms with E-state index in [0.717, 1.165) is 25.1 Å². The van der Waals surface area contributed by atoms with Crippen molar-refractivity contribution in [1.29, 1.82) is 0 Å². The van der Waals surface area contributed by atoms with Crippen molar-refractivity contribution < 1.29 is 14.3 Å². The number of hydrogen-bond acceptors (Lipinski definition) is 3. The number of carbonyl (C=O) groups is 2. The fourth-order valence-corrected chi connectivity index (χ4v) is 1.56. The number of hydrogen-bond donors (Lipinski definition) is 0. The lowest BCUT2D eigenvalue weighted by atomic mass is 10.1. The van der Waals surface area contributed by atoms with E-state index in [2.05, 4.69) is 0 Å². The van der Waals surface area contributed by atoms with Gasteiger partial charge >= 0.3 is 5.97 Å². The largest absolute Gasteiger partial charge is 0.452 e. The Morgan fingerprint density at radius 1 is 1.16 bits per heavy atom. The lowest BCUT2D eigenvalue weighted by molar-refractivity contribution is -0.137. The van der Waals surface area contributed by atoms with E-state index in [1.165, 1.54) is 0 Å². The fraction of sp³-hybridized carbons (Fsp3) is 0.467. The van der Waals surface area contributed by atoms with Gasteiger partial charge in [-0.2, -0.15) is 0 Å². The molecule has 0 aromatic heterocycles. The monoisotopic (exact) mass is 263 g/mol. The molecule has 2 rings (SSSR count). The highest BCUT2D eigenvalue weighted by atomic mass is 16.5. The summed E-state index contributed by atoms with van der Waals surface area (Å²) in [7, 11) is 0. The zero-order chi connectivity index (χ0) is 14.3. The van der Waals surface area contributed by atoms with Crippen LogP contribution in [0.25, 0.3) is 0 Å². The van der Waals surface area contributed by atoms with Crippen molar-refractivity contribution in [3.8, 4) is 0 Å². The Kier molecular flexibility index (Phi) is 6.06. The number of nitrogens with zero attached hydrogens (tertiary/aromatic N) is 1. The summed E-state index contributed by atoms with van der Waals surface area (Å²) in [6.45, 7) is 7.34. The molecule has 0 atom stereocenters. The highest BCUT2D eigenvalue weighted by Gasteiger charge is 2.21. The molecule has 0 unspecified atom stereocenters. The third-order valence-corrected chi connectivity index (χ3v) is 2.82. The molecule has 0 radical (unpaired) electrons. The van der Waals surface area contributed by atoms with Crippen LogP contribution >= 0.6 is 0 Å². The zero-order valence-corrected chi connectivity index (χ0v) is 11.8. The molecule has 0 spiro atoms. The van der Waals surface area contributed by atoms with Gasteiger partial charge in [-0.3, -0.25) is 4.79 Å². The van der Waals surface area contributed by atoms with Crippen LogP contribution < -0.4 is 0 Å². The van der Waals surface area contributed by atoms with Crippen molar-refractivity contribution in [1.82, 2.24) is 4.90 Å². The highest BCUT2D eigenvalue weighted by molar-refractivity contribution is 5.91. The maximum atomic E-state index is 11.6. The number of benzene rings is 1. The summed E-state index contributed by atoms with van der Waals surface area (Å²) in [5, 5.41) is 0. The summed E-state index contributed by atoms with van der Waals surface area (Å²) in [4.78, 5) is 24.7. The van der Waals surface area contributed by atoms with Gasteiger partial charge in [0, 0.05) is 13.1 Å². The first kappa shape index (κ1) is 15.2. The van der Waals surface area contributed by atoms with Crippen molar-refractivity contribution >= 4 is 11.9 Å². The molecule has 1 amide bonds. The minimum Gasteiger partial charge on any atom is -0.452 e. The van der Waals surface area contributed by atoms with Crippen molar-refractivity contribution in [2.75, 3.05) is 19.7 Å². The van der Waals surface area contributed by atoms with Crippen LogP contribution in [0.1, 0.15) is 36.2 Å². The van der Waals surface area contributed by atoms with Gasteiger partial charge in [-0.05, 0) is 25.5 Å². The maximum absolute atomic E-state index is 11.6. The molecular formula is C15H21NO3. The van der Waals surface area contributed by atoms with Crippen LogP contribution in [-0.4, -0.2) is 36.5 Å². The molecule has 4 nitrogen and oxygen atoms in total. The van der Waals surface area contributed by atoms with Gasteiger partial charge in [-0.25, -0.2) is 4.79 Å². The molecule has 0 bridgehead atoms. The second-order valence-corrected chi connectivity index (χ2v) is 4.18. The average Bonchev–Trinajstić information content (AvgIpc) is 2.37. The first-order chi connectivity index (χ1) is 9.16. The summed E-state index contributed by atoms with van der Waals surface area (Å²) >= 11 is 0. The van der Waals surface area contributed by atoms with E-state index in [-0.39, 0.29) is 12.5 Å². The SMILES string of the molecule is CC.Cc1ccc(C(=O)OCC(=O)N2CCC2)cc1. The molecular weight excluding hydrogens is 242 g/mol. The van der Waals surface area contributed by atoms with Gasteiger partial charge < -0.3 is 9.64 Å². The Labute approximate surface area is 114 Å². The van der Waals surface area contributed by atoms with Gasteiger partial charge in [0.2, 0.25) is 0 Å². The van der Waals surface area contributed by atoms with Crippen LogP contribution in [0.15, 0.2) is 24.3 Å². The van der Waals surface area contributed by atoms with E-state index in [1.807, 2.05) is 32.9 Å². The van der Waals surface area contributed by atoms with Crippen LogP contribution in [0.3, 0.4) is 0 Å². The topological polar surface area (TPSA) is 46.6 Å². The molecule has 1 aromatic carbocycles. The van der Waals surface area contributed by atoms with Crippen molar-refractivity contribution in [2.24, 2.45) is 0 Å². The smallest absolute Gasteiger partial charge is 0.338 e. The van der Waals surface area contributed by atoms with E-state index in [1.54, 1.807) is 17.0 Å². The average molecular weight is 263 g/mol. The first-order valence-corrected chi connectivity index (χ1v) is 6.68. The minimum absolute atomic E-state index is 0.114. The van der Waals surface area contributed by atoms with Gasteiger partial charge in [0.05, 0.1) is 5.56 Å². The van der Waals surface area contributed by atoms with E-state index in [9.17, 15) is 9.59 Å². The standard InChI is InChI=1S/C13H15NO3.C2H6/c1-10-3-5-11(6-4-10)13(16)17-9-12(15)14-7-2-8-14;1-2/h3-6H,2,7-9H2,1H3;1-2H3. The Bertz CT molecular complexity index is 422. The Balaban J connectivity index is 0.000000861. The predicted molar refractivity (Wildman–Crippen MR) is 74.0 cm³/mol. The van der Waals surface area contributed by atoms with Crippen LogP contribution in [-0.2, 0) is 9.53 Å². The Morgan fingerprint density at radius 3 is 2.21 bits per heavy atom. The van der Waals surface area contributed by atoms with E-state index < -0.39 is 5.97 Å². The summed E-state index contributed by atoms with van der Waals surface area (Å²) in [5.74, 6) is -0.560. The van der Waals surface area contributed by atoms with E-state index in [4.69, 9.17) is 4.74 Å². The number of likely N-dealkylation sites (tertiary alicyclic amines) is 1. The number of rotatable bonds is 3. The normalized spacial score (nSPS) is 12.9. The molecule has 104 valence electrons. The second-order valence-electron chi connectivity index (χ2n) is 4.18. The van der Waals surface area contributed by atoms with Gasteiger partial charge in [-0.15, -0.1) is 0 Å². The van der Waals surface area contributed by atoms with Crippen LogP contribution in [0.2, 0.25) is 0 Å². The van der Waals surface area contributed by atoms with Crippen molar-refractivity contribution in [2.45, 2.75) is 27.2 Å². The third kappa shape index (κ3) is 4.39. The number of carbonyl (C=O) groups excluding carboxylic acids is 2. The second kappa shape index (κ2) is 7.56. The number of amides is 1. The van der Waals surface area contributed by atoms with E-state index >= 15 is 0 Å². The summed E-state index contributed by atoms with van der Waals surface area (Å²) in [6, 6.07) is 7.08. The summed E-state index contributed by atoms with van der Waals surface area (Å²) < 4.78 is 4.96. The molecule has 19 heavy (non-hydrogen) atoms. The molecule has 1 saturated heterocycles. The molecule has 1 heterocycles. The number of esters is 1. The van der Waals surface area contributed by atoms with Crippen molar-refractivity contribution in [3.63, 3.8) is 0 Å². The highest BCUT2D eigenvalue weighted by Crippen LogP contribution is 2.08. The van der Waals surface area contributed by atoms with Gasteiger partial charge in [-0.1, -0.05) is 31.5 Å². The third-order valence-electron chi connectivity index (χ3n) is 2.82. The zero-order valence-electron chi connectivity index (χ0n) is 11.8. The number of ether oxygens (including phenoxy) is 1. The van der Waals surface area contributed by atoms with E-state index in [0.29, 0.717) is 5.56 Å². The molecule has 0 aliphatic carbocycles. The molecule has 0 saturated carbocycles. The molecule has 1 aliphatic rings. The molecule has 1 aromatic rings. The quantitative estimate of drug-likeness (QED) is 0.787. The Morgan fingerprint density at radius 2 is 1.74 bits per heavy atom. The molecule has 1 fully saturated rings. The molecule has 4 heteroatoms. The fourth-order valence-electron chi connectivity index (χ4n) is 1.56. The predicted octanol–water partition coefficient (Wildman–Crippen LogP) is 2.41. The molecule has 1 aliphatic heterocycles. The van der Waals surface area contributed by atoms with Crippen molar-refractivity contribution in [3.05, 3.63) is 35.4 Å². The number of aryl methyl sites for hydroxylation is 1. The lowest BCUT2D eigenvalue weighted by Crippen LogP contribution is -2.44. The van der Waals surface area contributed by atoms with Gasteiger partial charge in [0.15, 0.2) is 6.61 Å². The lowest BCUT2D eigenvalue weighted by Gasteiger charge is -2.30. The van der Waals surface area contributed by atoms with Crippen LogP contribution in [0, 0.1) is 6.92 Å². The first-order valence-electron chi connectivity index (χ1n) is 6.68. The van der Waals surface area contributed by atoms with Crippen LogP contribution in [0.5, 0.6) is 0 Å². The molecule has 0 N–H and O–H groups in total. The summed E-state index contributed by atoms with van der Waals surface area (Å²) in [5.41, 5.74) is 1.56. The Hall–Kier alpha value is -1.84. The summed E-state index contributed by atoms with van der Waals surface area (Å²) in [6.07, 6.45) is 1.04. The maximum Gasteiger partial charge on any atom is 0.338 e.